The first-order valence-electron chi connectivity index (χ1n) is 11.6. The highest BCUT2D eigenvalue weighted by Gasteiger charge is 2.47. The van der Waals surface area contributed by atoms with Crippen molar-refractivity contribution in [1.29, 1.82) is 0 Å². The molecule has 1 aliphatic rings. The lowest BCUT2D eigenvalue weighted by Gasteiger charge is -2.16. The second-order valence-electron chi connectivity index (χ2n) is 8.47. The number of amides is 1. The van der Waals surface area contributed by atoms with E-state index in [-0.39, 0.29) is 36.2 Å². The van der Waals surface area contributed by atoms with Crippen LogP contribution in [0.3, 0.4) is 0 Å². The molecular weight excluding hydrogens is 506 g/mol. The van der Waals surface area contributed by atoms with Crippen LogP contribution in [0.1, 0.15) is 30.7 Å². The zero-order chi connectivity index (χ0) is 25.8. The summed E-state index contributed by atoms with van der Waals surface area (Å²) in [5.41, 5.74) is 8.65. The highest BCUT2D eigenvalue weighted by molar-refractivity contribution is 5.83. The van der Waals surface area contributed by atoms with E-state index in [0.717, 1.165) is 11.1 Å². The highest BCUT2D eigenvalue weighted by atomic mass is 35.5. The Morgan fingerprint density at radius 2 is 1.78 bits per heavy atom. The van der Waals surface area contributed by atoms with E-state index >= 15 is 0 Å². The van der Waals surface area contributed by atoms with Crippen molar-refractivity contribution < 1.29 is 42.1 Å². The van der Waals surface area contributed by atoms with Gasteiger partial charge in [0.25, 0.3) is 5.91 Å². The zero-order valence-electron chi connectivity index (χ0n) is 20.0. The standard InChI is InChI=1S/C23H29N7O6.ClH/c1-2-25-21(35)18-16(33)17(34)22(36-18)30-11-27-15-19(24)28-23(29-20(15)30)26-10-9-13-5-3-12(4-6-13)7-8-14(31)32;/h3-6,11,16-18,22,33-34H,2,7-10H2,1H3,(H,25,35)(H,31,32)(H3,24,26,28,29);1H/p-1. The van der Waals surface area contributed by atoms with Gasteiger partial charge < -0.3 is 48.8 Å². The molecule has 0 radical (unpaired) electrons. The largest absolute Gasteiger partial charge is 1.00 e. The third kappa shape index (κ3) is 6.25. The number of nitrogens with two attached hydrogens (primary N) is 1. The van der Waals surface area contributed by atoms with Crippen LogP contribution in [0.4, 0.5) is 11.8 Å². The first kappa shape index (κ1) is 28.1. The molecule has 1 amide bonds. The van der Waals surface area contributed by atoms with Crippen molar-refractivity contribution in [2.45, 2.75) is 50.7 Å². The quantitative estimate of drug-likeness (QED) is 0.153. The number of aliphatic hydroxyl groups excluding tert-OH is 2. The Kier molecular flexibility index (Phi) is 9.21. The Bertz CT molecular complexity index is 1240. The molecule has 3 heterocycles. The molecule has 37 heavy (non-hydrogen) atoms. The number of aliphatic carboxylic acids is 1. The number of nitrogens with one attached hydrogen (secondary N) is 2. The fourth-order valence-corrected chi connectivity index (χ4v) is 4.03. The zero-order valence-corrected chi connectivity index (χ0v) is 20.8. The second-order valence-corrected chi connectivity index (χ2v) is 8.47. The molecule has 1 aliphatic heterocycles. The number of aryl methyl sites for hydroxylation is 1. The number of halogens is 1. The third-order valence-corrected chi connectivity index (χ3v) is 5.92. The van der Waals surface area contributed by atoms with Gasteiger partial charge in [0.2, 0.25) is 5.95 Å². The van der Waals surface area contributed by atoms with Crippen LogP contribution in [-0.4, -0.2) is 78.1 Å². The van der Waals surface area contributed by atoms with E-state index in [1.807, 2.05) is 24.3 Å². The van der Waals surface area contributed by atoms with Crippen LogP contribution in [0, 0.1) is 0 Å². The number of carbonyl (C=O) groups is 2. The summed E-state index contributed by atoms with van der Waals surface area (Å²) in [6, 6.07) is 7.71. The molecule has 3 aromatic rings. The van der Waals surface area contributed by atoms with Gasteiger partial charge in [-0.05, 0) is 30.9 Å². The van der Waals surface area contributed by atoms with E-state index in [2.05, 4.69) is 25.6 Å². The molecule has 4 rings (SSSR count). The van der Waals surface area contributed by atoms with Gasteiger partial charge in [-0.15, -0.1) is 0 Å². The number of fused-ring (bicyclic) bond motifs is 1. The molecular formula is C23H29ClN7O6-. The maximum absolute atomic E-state index is 12.2. The van der Waals surface area contributed by atoms with Crippen molar-refractivity contribution in [3.8, 4) is 0 Å². The topological polar surface area (TPSA) is 198 Å². The van der Waals surface area contributed by atoms with Crippen LogP contribution in [0.25, 0.3) is 11.2 Å². The number of likely N-dealkylation sites (N-methyl/N-ethyl adjacent to an activating group) is 1. The molecule has 14 heteroatoms. The number of nitrogen functional groups attached to an aromatic ring is 1. The number of imidazole rings is 1. The predicted molar refractivity (Wildman–Crippen MR) is 129 cm³/mol. The number of nitrogens with zero attached hydrogens (tertiary/aromatic N) is 4. The van der Waals surface area contributed by atoms with Crippen LogP contribution in [0.5, 0.6) is 0 Å². The van der Waals surface area contributed by atoms with Crippen LogP contribution in [-0.2, 0) is 27.2 Å². The number of aliphatic hydroxyl groups is 2. The number of carbonyl (C=O) groups excluding carboxylic acids is 1. The van der Waals surface area contributed by atoms with E-state index in [1.165, 1.54) is 10.9 Å². The molecule has 2 aromatic heterocycles. The molecule has 4 unspecified atom stereocenters. The van der Waals surface area contributed by atoms with E-state index in [0.29, 0.717) is 31.4 Å². The molecule has 0 spiro atoms. The number of ether oxygens (including phenoxy) is 1. The van der Waals surface area contributed by atoms with Crippen LogP contribution < -0.4 is 28.8 Å². The molecule has 1 saturated heterocycles. The van der Waals surface area contributed by atoms with Gasteiger partial charge in [-0.3, -0.25) is 14.2 Å². The minimum Gasteiger partial charge on any atom is -1.00 e. The van der Waals surface area contributed by atoms with E-state index in [9.17, 15) is 19.8 Å². The number of hydrogen-bond donors (Lipinski definition) is 6. The minimum atomic E-state index is -1.42. The van der Waals surface area contributed by atoms with Gasteiger partial charge >= 0.3 is 5.97 Å². The summed E-state index contributed by atoms with van der Waals surface area (Å²) in [4.78, 5) is 35.8. The monoisotopic (exact) mass is 534 g/mol. The lowest BCUT2D eigenvalue weighted by molar-refractivity contribution is -0.138. The van der Waals surface area contributed by atoms with Crippen molar-refractivity contribution in [3.63, 3.8) is 0 Å². The van der Waals surface area contributed by atoms with Crippen LogP contribution in [0.2, 0.25) is 0 Å². The Hall–Kier alpha value is -3.52. The Balaban J connectivity index is 0.00000380. The number of carboxylic acids is 1. The maximum atomic E-state index is 12.2. The molecule has 1 fully saturated rings. The SMILES string of the molecule is CCNC(=O)C1OC(n2cnc3c(N)nc(NCCc4ccc(CCC(=O)O)cc4)nc32)C(O)C1O.[Cl-]. The molecule has 200 valence electrons. The minimum absolute atomic E-state index is 0. The summed E-state index contributed by atoms with van der Waals surface area (Å²) >= 11 is 0. The van der Waals surface area contributed by atoms with Crippen molar-refractivity contribution in [3.05, 3.63) is 41.7 Å². The van der Waals surface area contributed by atoms with Gasteiger partial charge in [-0.1, -0.05) is 24.3 Å². The number of benzene rings is 1. The average Bonchev–Trinajstić information content (AvgIpc) is 3.40. The molecule has 0 bridgehead atoms. The van der Waals surface area contributed by atoms with Gasteiger partial charge in [0.1, 0.15) is 17.7 Å². The lowest BCUT2D eigenvalue weighted by Crippen LogP contribution is -3.00. The average molecular weight is 535 g/mol. The van der Waals surface area contributed by atoms with Gasteiger partial charge in [0.05, 0.1) is 6.33 Å². The van der Waals surface area contributed by atoms with Gasteiger partial charge in [0, 0.05) is 19.5 Å². The molecule has 0 saturated carbocycles. The van der Waals surface area contributed by atoms with Gasteiger partial charge in [0.15, 0.2) is 23.8 Å². The van der Waals surface area contributed by atoms with Crippen molar-refractivity contribution in [2.75, 3.05) is 24.1 Å². The van der Waals surface area contributed by atoms with E-state index < -0.39 is 36.4 Å². The first-order chi connectivity index (χ1) is 17.3. The molecule has 1 aromatic carbocycles. The predicted octanol–water partition coefficient (Wildman–Crippen LogP) is -3.16. The Labute approximate surface area is 218 Å². The summed E-state index contributed by atoms with van der Waals surface area (Å²) in [6.45, 7) is 2.59. The summed E-state index contributed by atoms with van der Waals surface area (Å²) in [5, 5.41) is 35.4. The summed E-state index contributed by atoms with van der Waals surface area (Å²) in [6.07, 6.45) is -2.56. The number of hydrogen-bond acceptors (Lipinski definition) is 10. The second kappa shape index (κ2) is 12.1. The lowest BCUT2D eigenvalue weighted by atomic mass is 10.1. The van der Waals surface area contributed by atoms with Crippen molar-refractivity contribution in [1.82, 2.24) is 24.8 Å². The Morgan fingerprint density at radius 1 is 1.11 bits per heavy atom. The maximum Gasteiger partial charge on any atom is 0.303 e. The van der Waals surface area contributed by atoms with E-state index in [4.69, 9.17) is 15.6 Å². The number of carboxylic acid groups (broad SMARTS) is 1. The van der Waals surface area contributed by atoms with Crippen molar-refractivity contribution in [2.24, 2.45) is 0 Å². The summed E-state index contributed by atoms with van der Waals surface area (Å²) < 4.78 is 7.09. The fraction of sp³-hybridized carbons (Fsp3) is 0.435. The van der Waals surface area contributed by atoms with Gasteiger partial charge in [-0.25, -0.2) is 4.98 Å². The fourth-order valence-electron chi connectivity index (χ4n) is 4.03. The summed E-state index contributed by atoms with van der Waals surface area (Å²) in [5.74, 6) is -0.985. The van der Waals surface area contributed by atoms with Crippen LogP contribution in [0.15, 0.2) is 30.6 Å². The molecule has 4 atom stereocenters. The number of aromatic nitrogens is 4. The van der Waals surface area contributed by atoms with Gasteiger partial charge in [-0.2, -0.15) is 9.97 Å². The third-order valence-electron chi connectivity index (χ3n) is 5.92. The highest BCUT2D eigenvalue weighted by Crippen LogP contribution is 2.32. The number of rotatable bonds is 10. The first-order valence-corrected chi connectivity index (χ1v) is 11.6. The normalized spacial score (nSPS) is 20.9. The van der Waals surface area contributed by atoms with E-state index in [1.54, 1.807) is 6.92 Å². The summed E-state index contributed by atoms with van der Waals surface area (Å²) in [7, 11) is 0. The van der Waals surface area contributed by atoms with Crippen molar-refractivity contribution >= 4 is 34.8 Å². The smallest absolute Gasteiger partial charge is 0.303 e. The number of anilines is 2. The molecule has 7 N–H and O–H groups in total. The molecule has 0 aliphatic carbocycles. The van der Waals surface area contributed by atoms with Crippen LogP contribution >= 0.6 is 0 Å². The Morgan fingerprint density at radius 3 is 2.43 bits per heavy atom. The molecule has 13 nitrogen and oxygen atoms in total.